The number of benzene rings is 2. The number of ketones is 1. The van der Waals surface area contributed by atoms with Gasteiger partial charge in [-0.05, 0) is 43.7 Å². The van der Waals surface area contributed by atoms with Gasteiger partial charge in [0.2, 0.25) is 0 Å². The maximum absolute atomic E-state index is 12.7. The second-order valence-corrected chi connectivity index (χ2v) is 8.60. The maximum atomic E-state index is 12.7. The minimum atomic E-state index is 0.0642. The van der Waals surface area contributed by atoms with Crippen LogP contribution in [0, 0.1) is 0 Å². The largest absolute Gasteiger partial charge is 0.491 e. The fraction of sp³-hybridized carbons (Fsp3) is 0.174. The number of nitrogens with zero attached hydrogens (tertiary/aromatic N) is 2. The average molecular weight is 421 g/mol. The van der Waals surface area contributed by atoms with E-state index in [1.807, 2.05) is 56.3 Å². The first kappa shape index (κ1) is 19.6. The zero-order valence-electron chi connectivity index (χ0n) is 16.2. The number of hydrogen-bond donors (Lipinski definition) is 0. The number of thiophene rings is 1. The molecule has 29 heavy (non-hydrogen) atoms. The third kappa shape index (κ3) is 4.49. The molecule has 0 spiro atoms. The first-order valence-corrected chi connectivity index (χ1v) is 11.2. The number of carbonyl (C=O) groups is 1. The van der Waals surface area contributed by atoms with Gasteiger partial charge >= 0.3 is 0 Å². The monoisotopic (exact) mass is 420 g/mol. The molecule has 0 aliphatic heterocycles. The number of carbonyl (C=O) groups excluding carboxylic acids is 1. The Balaban J connectivity index is 1.54. The van der Waals surface area contributed by atoms with Gasteiger partial charge in [-0.1, -0.05) is 42.1 Å². The van der Waals surface area contributed by atoms with Gasteiger partial charge in [-0.3, -0.25) is 4.79 Å². The van der Waals surface area contributed by atoms with E-state index in [0.29, 0.717) is 11.3 Å². The molecular weight excluding hydrogens is 400 g/mol. The molecule has 0 saturated heterocycles. The zero-order valence-corrected chi connectivity index (χ0v) is 17.8. The van der Waals surface area contributed by atoms with Crippen molar-refractivity contribution in [3.8, 4) is 16.9 Å². The molecule has 146 valence electrons. The van der Waals surface area contributed by atoms with Crippen LogP contribution < -0.4 is 4.74 Å². The molecule has 0 radical (unpaired) electrons. The van der Waals surface area contributed by atoms with E-state index in [1.165, 1.54) is 11.8 Å². The molecule has 4 nitrogen and oxygen atoms in total. The van der Waals surface area contributed by atoms with Crippen molar-refractivity contribution in [2.75, 3.05) is 5.75 Å². The number of hydrogen-bond acceptors (Lipinski definition) is 6. The van der Waals surface area contributed by atoms with Gasteiger partial charge in [0.25, 0.3) is 0 Å². The van der Waals surface area contributed by atoms with Gasteiger partial charge in [0.1, 0.15) is 21.9 Å². The van der Waals surface area contributed by atoms with Crippen LogP contribution in [0.15, 0.2) is 71.3 Å². The van der Waals surface area contributed by atoms with E-state index in [0.717, 1.165) is 32.1 Å². The lowest BCUT2D eigenvalue weighted by molar-refractivity contribution is 0.102. The van der Waals surface area contributed by atoms with Gasteiger partial charge in [0, 0.05) is 16.5 Å². The fourth-order valence-corrected chi connectivity index (χ4v) is 4.88. The van der Waals surface area contributed by atoms with Crippen LogP contribution in [-0.2, 0) is 0 Å². The lowest BCUT2D eigenvalue weighted by atomic mass is 10.1. The molecule has 0 aliphatic rings. The molecule has 4 aromatic rings. The lowest BCUT2D eigenvalue weighted by Crippen LogP contribution is -2.06. The van der Waals surface area contributed by atoms with Gasteiger partial charge in [-0.25, -0.2) is 9.97 Å². The minimum Gasteiger partial charge on any atom is -0.491 e. The highest BCUT2D eigenvalue weighted by atomic mass is 32.2. The van der Waals surface area contributed by atoms with Crippen LogP contribution in [0.3, 0.4) is 0 Å². The molecule has 0 bridgehead atoms. The predicted molar refractivity (Wildman–Crippen MR) is 120 cm³/mol. The summed E-state index contributed by atoms with van der Waals surface area (Å²) in [6.07, 6.45) is 1.68. The molecule has 2 heterocycles. The fourth-order valence-electron chi connectivity index (χ4n) is 3.00. The number of rotatable bonds is 7. The van der Waals surface area contributed by atoms with Crippen molar-refractivity contribution in [1.82, 2.24) is 9.97 Å². The molecule has 0 saturated carbocycles. The van der Waals surface area contributed by atoms with E-state index >= 15 is 0 Å². The van der Waals surface area contributed by atoms with Gasteiger partial charge in [0.15, 0.2) is 5.78 Å². The summed E-state index contributed by atoms with van der Waals surface area (Å²) in [5.41, 5.74) is 2.91. The Bertz CT molecular complexity index is 1120. The van der Waals surface area contributed by atoms with E-state index in [4.69, 9.17) is 4.74 Å². The average Bonchev–Trinajstić information content (AvgIpc) is 3.17. The molecule has 0 unspecified atom stereocenters. The summed E-state index contributed by atoms with van der Waals surface area (Å²) >= 11 is 3.05. The second kappa shape index (κ2) is 8.76. The topological polar surface area (TPSA) is 52.1 Å². The van der Waals surface area contributed by atoms with Crippen LogP contribution in [0.5, 0.6) is 5.75 Å². The normalized spacial score (nSPS) is 11.1. The highest BCUT2D eigenvalue weighted by Crippen LogP contribution is 2.37. The van der Waals surface area contributed by atoms with Crippen LogP contribution in [0.1, 0.15) is 24.2 Å². The highest BCUT2D eigenvalue weighted by molar-refractivity contribution is 8.00. The van der Waals surface area contributed by atoms with Crippen molar-refractivity contribution < 1.29 is 9.53 Å². The minimum absolute atomic E-state index is 0.0642. The van der Waals surface area contributed by atoms with Crippen LogP contribution >= 0.6 is 23.1 Å². The molecular formula is C23H20N2O2S2. The molecule has 6 heteroatoms. The van der Waals surface area contributed by atoms with E-state index in [9.17, 15) is 4.79 Å². The van der Waals surface area contributed by atoms with E-state index in [2.05, 4.69) is 27.5 Å². The molecule has 0 aliphatic carbocycles. The Hall–Kier alpha value is -2.70. The molecule has 4 rings (SSSR count). The zero-order chi connectivity index (χ0) is 20.2. The Kier molecular flexibility index (Phi) is 5.92. The molecule has 0 atom stereocenters. The van der Waals surface area contributed by atoms with Gasteiger partial charge in [-0.2, -0.15) is 0 Å². The van der Waals surface area contributed by atoms with Gasteiger partial charge < -0.3 is 4.74 Å². The smallest absolute Gasteiger partial charge is 0.173 e. The lowest BCUT2D eigenvalue weighted by Gasteiger charge is -2.10. The summed E-state index contributed by atoms with van der Waals surface area (Å²) in [4.78, 5) is 22.5. The first-order valence-electron chi connectivity index (χ1n) is 9.32. The highest BCUT2D eigenvalue weighted by Gasteiger charge is 2.15. The van der Waals surface area contributed by atoms with Crippen LogP contribution in [0.2, 0.25) is 0 Å². The molecule has 0 N–H and O–H groups in total. The SMILES string of the molecule is CC(C)Oc1ccc(C(=O)CSc2ncnc3scc(-c4ccccc4)c23)cc1. The molecule has 0 amide bonds. The Morgan fingerprint density at radius 1 is 1.07 bits per heavy atom. The van der Waals surface area contributed by atoms with Crippen molar-refractivity contribution in [2.24, 2.45) is 0 Å². The Morgan fingerprint density at radius 3 is 2.55 bits per heavy atom. The van der Waals surface area contributed by atoms with Crippen molar-refractivity contribution >= 4 is 39.1 Å². The predicted octanol–water partition coefficient (Wildman–Crippen LogP) is 6.12. The first-order chi connectivity index (χ1) is 14.1. The Morgan fingerprint density at radius 2 is 1.83 bits per heavy atom. The van der Waals surface area contributed by atoms with Crippen LogP contribution in [0.25, 0.3) is 21.3 Å². The van der Waals surface area contributed by atoms with E-state index in [-0.39, 0.29) is 11.9 Å². The number of fused-ring (bicyclic) bond motifs is 1. The second-order valence-electron chi connectivity index (χ2n) is 6.78. The van der Waals surface area contributed by atoms with Gasteiger partial charge in [0.05, 0.1) is 17.2 Å². The van der Waals surface area contributed by atoms with E-state index in [1.54, 1.807) is 17.7 Å². The molecule has 2 aromatic carbocycles. The van der Waals surface area contributed by atoms with Crippen molar-refractivity contribution in [1.29, 1.82) is 0 Å². The quantitative estimate of drug-likeness (QED) is 0.205. The Labute approximate surface area is 178 Å². The van der Waals surface area contributed by atoms with Crippen LogP contribution in [-0.4, -0.2) is 27.6 Å². The third-order valence-corrected chi connectivity index (χ3v) is 6.18. The third-order valence-electron chi connectivity index (χ3n) is 4.31. The van der Waals surface area contributed by atoms with E-state index < -0.39 is 0 Å². The molecule has 0 fully saturated rings. The van der Waals surface area contributed by atoms with Crippen molar-refractivity contribution in [3.05, 3.63) is 71.9 Å². The summed E-state index contributed by atoms with van der Waals surface area (Å²) in [5.74, 6) is 1.16. The summed E-state index contributed by atoms with van der Waals surface area (Å²) in [5, 5.41) is 3.96. The number of aromatic nitrogens is 2. The maximum Gasteiger partial charge on any atom is 0.173 e. The van der Waals surface area contributed by atoms with Crippen LogP contribution in [0.4, 0.5) is 0 Å². The summed E-state index contributed by atoms with van der Waals surface area (Å²) in [6, 6.07) is 17.5. The van der Waals surface area contributed by atoms with Crippen molar-refractivity contribution in [2.45, 2.75) is 25.0 Å². The standard InChI is InChI=1S/C23H20N2O2S2/c1-15(2)27-18-10-8-17(9-11-18)20(26)13-29-23-21-19(16-6-4-3-5-7-16)12-28-22(21)24-14-25-23/h3-12,14-15H,13H2,1-2H3. The number of Topliss-reactive ketones (excluding diaryl/α,β-unsaturated/α-hetero) is 1. The van der Waals surface area contributed by atoms with Gasteiger partial charge in [-0.15, -0.1) is 11.3 Å². The number of ether oxygens (including phenoxy) is 1. The molecule has 2 aromatic heterocycles. The van der Waals surface area contributed by atoms with Crippen molar-refractivity contribution in [3.63, 3.8) is 0 Å². The number of thioether (sulfide) groups is 1. The summed E-state index contributed by atoms with van der Waals surface area (Å²) < 4.78 is 5.64. The summed E-state index contributed by atoms with van der Waals surface area (Å²) in [6.45, 7) is 3.96. The summed E-state index contributed by atoms with van der Waals surface area (Å²) in [7, 11) is 0.